The summed E-state index contributed by atoms with van der Waals surface area (Å²) >= 11 is 4.05. The summed E-state index contributed by atoms with van der Waals surface area (Å²) in [5.41, 5.74) is 0. The van der Waals surface area contributed by atoms with Gasteiger partial charge in [-0.2, -0.15) is 0 Å². The van der Waals surface area contributed by atoms with E-state index in [2.05, 4.69) is 33.0 Å². The minimum atomic E-state index is 0.670. The molecule has 1 heterocycles. The molecule has 0 amide bonds. The molecule has 0 saturated heterocycles. The fourth-order valence-electron chi connectivity index (χ4n) is 0.389. The van der Waals surface area contributed by atoms with Gasteiger partial charge in [-0.05, 0) is 0 Å². The van der Waals surface area contributed by atoms with Crippen LogP contribution < -0.4 is 0 Å². The molecule has 7 heavy (non-hydrogen) atoms. The second-order valence-corrected chi connectivity index (χ2v) is 3.94. The van der Waals surface area contributed by atoms with Gasteiger partial charge >= 0.3 is 57.3 Å². The molecule has 1 aromatic rings. The maximum absolute atomic E-state index is 3.38. The van der Waals surface area contributed by atoms with Crippen molar-refractivity contribution in [1.29, 1.82) is 0 Å². The Kier molecular flexibility index (Phi) is 2.17. The second-order valence-electron chi connectivity index (χ2n) is 1.21. The normalized spacial score (nSPS) is 9.29. The Morgan fingerprint density at radius 2 is 2.57 bits per heavy atom. The first-order valence-electron chi connectivity index (χ1n) is 2.02. The summed E-state index contributed by atoms with van der Waals surface area (Å²) in [5, 5.41) is 1.06. The molecule has 0 radical (unpaired) electrons. The molecule has 0 atom stereocenters. The van der Waals surface area contributed by atoms with Crippen molar-refractivity contribution in [2.75, 3.05) is 0 Å². The van der Waals surface area contributed by atoms with Crippen LogP contribution in [0, 0.1) is 0 Å². The fraction of sp³-hybridized carbons (Fsp3) is 0.200. The van der Waals surface area contributed by atoms with Gasteiger partial charge < -0.3 is 0 Å². The summed E-state index contributed by atoms with van der Waals surface area (Å²) in [6, 6.07) is 4.30. The molecule has 1 aromatic heterocycles. The van der Waals surface area contributed by atoms with Gasteiger partial charge in [-0.3, -0.25) is 0 Å². The number of hydrogen-bond donors (Lipinski definition) is 0. The van der Waals surface area contributed by atoms with E-state index in [0.29, 0.717) is 14.5 Å². The summed E-state index contributed by atoms with van der Waals surface area (Å²) in [4.78, 5) is 2.23. The van der Waals surface area contributed by atoms with E-state index in [1.807, 2.05) is 0 Å². The molecule has 0 fully saturated rings. The zero-order chi connectivity index (χ0) is 5.11. The molecule has 0 N–H and O–H groups in total. The van der Waals surface area contributed by atoms with Gasteiger partial charge in [-0.25, -0.2) is 0 Å². The zero-order valence-electron chi connectivity index (χ0n) is 3.73. The van der Waals surface area contributed by atoms with E-state index >= 15 is 0 Å². The summed E-state index contributed by atoms with van der Waals surface area (Å²) in [5.74, 6) is 0. The van der Waals surface area contributed by atoms with Gasteiger partial charge in [0.2, 0.25) is 0 Å². The second kappa shape index (κ2) is 2.71. The Morgan fingerprint density at radius 3 is 2.86 bits per heavy atom. The molecule has 0 spiro atoms. The number of halogens is 1. The van der Waals surface area contributed by atoms with Crippen molar-refractivity contribution in [3.05, 3.63) is 21.5 Å². The molecular weight excluding hydrogens is 219 g/mol. The molecule has 0 aliphatic rings. The molecule has 38 valence electrons. The van der Waals surface area contributed by atoms with Crippen LogP contribution in [-0.2, 0) is 5.33 Å². The van der Waals surface area contributed by atoms with Crippen molar-refractivity contribution < 1.29 is 0 Å². The average Bonchev–Trinajstić information content (AvgIpc) is 2.14. The number of alkyl halides is 1. The first-order chi connectivity index (χ1) is 3.43. The third-order valence-corrected chi connectivity index (χ3v) is 3.99. The van der Waals surface area contributed by atoms with E-state index in [9.17, 15) is 0 Å². The Labute approximate surface area is 57.4 Å². The third kappa shape index (κ3) is 1.45. The van der Waals surface area contributed by atoms with Gasteiger partial charge in [-0.15, -0.1) is 0 Å². The summed E-state index contributed by atoms with van der Waals surface area (Å²) in [7, 11) is 0. The van der Waals surface area contributed by atoms with Crippen molar-refractivity contribution in [2.45, 2.75) is 5.33 Å². The minimum absolute atomic E-state index is 0.670. The molecule has 0 bridgehead atoms. The van der Waals surface area contributed by atoms with Crippen LogP contribution in [0.3, 0.4) is 0 Å². The Bertz CT molecular complexity index is 123. The molecule has 2 heteroatoms. The first kappa shape index (κ1) is 5.61. The van der Waals surface area contributed by atoms with Crippen LogP contribution in [0.4, 0.5) is 0 Å². The molecule has 0 saturated carbocycles. The predicted molar refractivity (Wildman–Crippen MR) is 36.0 cm³/mol. The molecule has 0 nitrogen and oxygen atoms in total. The van der Waals surface area contributed by atoms with Crippen molar-refractivity contribution in [3.63, 3.8) is 0 Å². The molecule has 0 aromatic carbocycles. The number of hydrogen-bond acceptors (Lipinski definition) is 0. The monoisotopic (exact) mass is 224 g/mol. The van der Waals surface area contributed by atoms with E-state index < -0.39 is 0 Å². The van der Waals surface area contributed by atoms with Crippen LogP contribution in [0.2, 0.25) is 0 Å². The van der Waals surface area contributed by atoms with Crippen molar-refractivity contribution >= 4 is 30.4 Å². The van der Waals surface area contributed by atoms with Crippen molar-refractivity contribution in [2.24, 2.45) is 0 Å². The Hall–Kier alpha value is 0.479. The van der Waals surface area contributed by atoms with Crippen LogP contribution in [0.25, 0.3) is 0 Å². The van der Waals surface area contributed by atoms with Gasteiger partial charge in [-0.1, -0.05) is 0 Å². The number of rotatable bonds is 1. The maximum atomic E-state index is 3.38. The third-order valence-electron chi connectivity index (χ3n) is 0.712. The van der Waals surface area contributed by atoms with Crippen molar-refractivity contribution in [1.82, 2.24) is 0 Å². The molecule has 0 aliphatic heterocycles. The average molecular weight is 224 g/mol. The van der Waals surface area contributed by atoms with E-state index in [1.54, 1.807) is 0 Å². The SMILES string of the molecule is BrCc1ccc[se]1. The molecule has 1 rings (SSSR count). The topological polar surface area (TPSA) is 0 Å². The van der Waals surface area contributed by atoms with Gasteiger partial charge in [0.1, 0.15) is 0 Å². The summed E-state index contributed by atoms with van der Waals surface area (Å²) < 4.78 is 1.53. The van der Waals surface area contributed by atoms with E-state index in [4.69, 9.17) is 0 Å². The van der Waals surface area contributed by atoms with Crippen LogP contribution in [-0.4, -0.2) is 14.5 Å². The van der Waals surface area contributed by atoms with E-state index in [1.165, 1.54) is 4.44 Å². The quantitative estimate of drug-likeness (QED) is 0.502. The van der Waals surface area contributed by atoms with Crippen LogP contribution in [0.5, 0.6) is 0 Å². The Morgan fingerprint density at radius 1 is 1.71 bits per heavy atom. The van der Waals surface area contributed by atoms with Crippen LogP contribution in [0.15, 0.2) is 17.1 Å². The first-order valence-corrected chi connectivity index (χ1v) is 4.98. The molecule has 0 unspecified atom stereocenters. The molecule has 0 aliphatic carbocycles. The fourth-order valence-corrected chi connectivity index (χ4v) is 2.42. The van der Waals surface area contributed by atoms with Crippen LogP contribution in [0.1, 0.15) is 4.44 Å². The van der Waals surface area contributed by atoms with E-state index in [0.717, 1.165) is 5.33 Å². The zero-order valence-corrected chi connectivity index (χ0v) is 7.02. The Balaban J connectivity index is 2.76. The van der Waals surface area contributed by atoms with Gasteiger partial charge in [0, 0.05) is 0 Å². The van der Waals surface area contributed by atoms with Gasteiger partial charge in [0.05, 0.1) is 0 Å². The molecular formula is C5H5BrSe. The van der Waals surface area contributed by atoms with Crippen molar-refractivity contribution in [3.8, 4) is 0 Å². The summed E-state index contributed by atoms with van der Waals surface area (Å²) in [6.45, 7) is 0. The van der Waals surface area contributed by atoms with Crippen LogP contribution >= 0.6 is 15.9 Å². The van der Waals surface area contributed by atoms with E-state index in [-0.39, 0.29) is 0 Å². The predicted octanol–water partition coefficient (Wildman–Crippen LogP) is 1.64. The van der Waals surface area contributed by atoms with Gasteiger partial charge in [0.15, 0.2) is 0 Å². The standard InChI is InChI=1S/C5H5BrSe/c6-4-5-2-1-3-7-5/h1-3H,4H2. The van der Waals surface area contributed by atoms with Gasteiger partial charge in [0.25, 0.3) is 0 Å². The summed E-state index contributed by atoms with van der Waals surface area (Å²) in [6.07, 6.45) is 0.